The number of benzene rings is 2. The van der Waals surface area contributed by atoms with Crippen molar-refractivity contribution in [1.29, 1.82) is 0 Å². The molecule has 1 atom stereocenters. The maximum atomic E-state index is 14.5. The molecule has 0 radical (unpaired) electrons. The number of hydrogen-bond donors (Lipinski definition) is 0. The topological polar surface area (TPSA) is 66.9 Å². The van der Waals surface area contributed by atoms with Crippen molar-refractivity contribution in [2.75, 3.05) is 11.5 Å². The molecule has 5 fully saturated rings. The molecule has 3 amide bonds. The molecule has 6 heteroatoms. The summed E-state index contributed by atoms with van der Waals surface area (Å²) in [6.45, 7) is 4.84. The fourth-order valence-corrected chi connectivity index (χ4v) is 7.88. The van der Waals surface area contributed by atoms with E-state index in [9.17, 15) is 14.4 Å². The van der Waals surface area contributed by atoms with Crippen LogP contribution in [0.5, 0.6) is 5.75 Å². The number of carbonyl (C=O) groups excluding carboxylic acids is 3. The fourth-order valence-electron chi connectivity index (χ4n) is 7.88. The van der Waals surface area contributed by atoms with E-state index in [1.54, 1.807) is 29.2 Å². The van der Waals surface area contributed by atoms with Crippen LogP contribution >= 0.6 is 0 Å². The highest BCUT2D eigenvalue weighted by atomic mass is 16.5. The van der Waals surface area contributed by atoms with E-state index >= 15 is 0 Å². The Hall–Kier alpha value is -3.15. The molecular weight excluding hydrogens is 464 g/mol. The summed E-state index contributed by atoms with van der Waals surface area (Å²) in [6.07, 6.45) is 6.56. The summed E-state index contributed by atoms with van der Waals surface area (Å²) in [5.74, 6) is 2.09. The van der Waals surface area contributed by atoms with Gasteiger partial charge in [-0.05, 0) is 100.0 Å². The number of nitrogens with zero attached hydrogens (tertiary/aromatic N) is 2. The van der Waals surface area contributed by atoms with Gasteiger partial charge in [0.05, 0.1) is 24.1 Å². The van der Waals surface area contributed by atoms with Crippen LogP contribution in [-0.2, 0) is 20.9 Å². The van der Waals surface area contributed by atoms with Crippen LogP contribution in [0.4, 0.5) is 5.69 Å². The summed E-state index contributed by atoms with van der Waals surface area (Å²) >= 11 is 0. The van der Waals surface area contributed by atoms with E-state index in [0.29, 0.717) is 42.3 Å². The molecule has 2 aromatic rings. The molecule has 1 unspecified atom stereocenters. The zero-order chi connectivity index (χ0) is 25.7. The van der Waals surface area contributed by atoms with E-state index in [1.165, 1.54) is 24.2 Å². The SMILES string of the molecule is CCOc1ccc(N2C(=O)CC(N(Cc3ccc(C)cc3)C(=O)C34CC5CC(CC(C5)C3)C4)C2=O)cc1. The molecule has 1 saturated heterocycles. The molecule has 2 aromatic carbocycles. The van der Waals surface area contributed by atoms with Crippen molar-refractivity contribution < 1.29 is 19.1 Å². The Morgan fingerprint density at radius 1 is 0.946 bits per heavy atom. The van der Waals surface area contributed by atoms with Crippen LogP contribution < -0.4 is 9.64 Å². The number of amides is 3. The third kappa shape index (κ3) is 4.34. The lowest BCUT2D eigenvalue weighted by molar-refractivity contribution is -0.162. The molecule has 7 rings (SSSR count). The summed E-state index contributed by atoms with van der Waals surface area (Å²) < 4.78 is 5.52. The highest BCUT2D eigenvalue weighted by Crippen LogP contribution is 2.60. The zero-order valence-corrected chi connectivity index (χ0v) is 21.8. The molecule has 0 aromatic heterocycles. The molecular formula is C31H36N2O4. The Morgan fingerprint density at radius 2 is 1.54 bits per heavy atom. The van der Waals surface area contributed by atoms with Crippen molar-refractivity contribution >= 4 is 23.4 Å². The maximum absolute atomic E-state index is 14.5. The Morgan fingerprint density at radius 3 is 2.11 bits per heavy atom. The minimum atomic E-state index is -0.777. The van der Waals surface area contributed by atoms with Crippen LogP contribution in [0.25, 0.3) is 0 Å². The van der Waals surface area contributed by atoms with Gasteiger partial charge in [-0.2, -0.15) is 0 Å². The number of rotatable bonds is 7. The van der Waals surface area contributed by atoms with Gasteiger partial charge in [0, 0.05) is 6.54 Å². The normalized spacial score (nSPS) is 30.2. The highest BCUT2D eigenvalue weighted by Gasteiger charge is 2.57. The fraction of sp³-hybridized carbons (Fsp3) is 0.516. The Balaban J connectivity index is 1.31. The maximum Gasteiger partial charge on any atom is 0.257 e. The molecule has 1 aliphatic heterocycles. The summed E-state index contributed by atoms with van der Waals surface area (Å²) in [4.78, 5) is 44.6. The van der Waals surface area contributed by atoms with E-state index in [0.717, 1.165) is 30.4 Å². The van der Waals surface area contributed by atoms with Crippen molar-refractivity contribution in [3.8, 4) is 5.75 Å². The molecule has 4 aliphatic carbocycles. The van der Waals surface area contributed by atoms with Crippen LogP contribution in [0.15, 0.2) is 48.5 Å². The number of hydrogen-bond acceptors (Lipinski definition) is 4. The highest BCUT2D eigenvalue weighted by molar-refractivity contribution is 6.23. The lowest BCUT2D eigenvalue weighted by atomic mass is 9.49. The van der Waals surface area contributed by atoms with Crippen molar-refractivity contribution in [2.24, 2.45) is 23.2 Å². The molecule has 5 aliphatic rings. The summed E-state index contributed by atoms with van der Waals surface area (Å²) in [5, 5.41) is 0. The minimum Gasteiger partial charge on any atom is -0.494 e. The number of aryl methyl sites for hydroxylation is 1. The average molecular weight is 501 g/mol. The molecule has 194 valence electrons. The monoisotopic (exact) mass is 500 g/mol. The molecule has 4 saturated carbocycles. The first kappa shape index (κ1) is 24.2. The number of ether oxygens (including phenoxy) is 1. The summed E-state index contributed by atoms with van der Waals surface area (Å²) in [6, 6.07) is 14.4. The lowest BCUT2D eigenvalue weighted by Gasteiger charge is -2.57. The largest absolute Gasteiger partial charge is 0.494 e. The zero-order valence-electron chi connectivity index (χ0n) is 21.8. The van der Waals surface area contributed by atoms with Gasteiger partial charge in [-0.1, -0.05) is 29.8 Å². The second kappa shape index (κ2) is 9.30. The van der Waals surface area contributed by atoms with Crippen molar-refractivity contribution in [2.45, 2.75) is 71.4 Å². The van der Waals surface area contributed by atoms with Gasteiger partial charge >= 0.3 is 0 Å². The van der Waals surface area contributed by atoms with Crippen molar-refractivity contribution in [3.63, 3.8) is 0 Å². The Labute approximate surface area is 219 Å². The molecule has 6 nitrogen and oxygen atoms in total. The second-order valence-electron chi connectivity index (χ2n) is 11.8. The van der Waals surface area contributed by atoms with Gasteiger partial charge in [-0.15, -0.1) is 0 Å². The van der Waals surface area contributed by atoms with Gasteiger partial charge in [0.15, 0.2) is 0 Å². The molecule has 1 heterocycles. The van der Waals surface area contributed by atoms with Gasteiger partial charge in [0.1, 0.15) is 11.8 Å². The van der Waals surface area contributed by atoms with E-state index in [1.807, 2.05) is 38.1 Å². The third-order valence-electron chi connectivity index (χ3n) is 9.13. The first-order valence-corrected chi connectivity index (χ1v) is 13.8. The second-order valence-corrected chi connectivity index (χ2v) is 11.8. The smallest absolute Gasteiger partial charge is 0.257 e. The molecule has 37 heavy (non-hydrogen) atoms. The Kier molecular flexibility index (Phi) is 6.09. The van der Waals surface area contributed by atoms with E-state index in [4.69, 9.17) is 4.74 Å². The number of carbonyl (C=O) groups is 3. The minimum absolute atomic E-state index is 0.0238. The molecule has 0 N–H and O–H groups in total. The number of imide groups is 1. The van der Waals surface area contributed by atoms with Crippen LogP contribution in [0.2, 0.25) is 0 Å². The van der Waals surface area contributed by atoms with E-state index in [-0.39, 0.29) is 29.6 Å². The number of anilines is 1. The first-order valence-electron chi connectivity index (χ1n) is 13.8. The van der Waals surface area contributed by atoms with Crippen LogP contribution in [0.3, 0.4) is 0 Å². The summed E-state index contributed by atoms with van der Waals surface area (Å²) in [7, 11) is 0. The van der Waals surface area contributed by atoms with E-state index < -0.39 is 6.04 Å². The van der Waals surface area contributed by atoms with Gasteiger partial charge < -0.3 is 9.64 Å². The van der Waals surface area contributed by atoms with E-state index in [2.05, 4.69) is 0 Å². The predicted octanol–water partition coefficient (Wildman–Crippen LogP) is 5.27. The van der Waals surface area contributed by atoms with Crippen LogP contribution in [0, 0.1) is 30.1 Å². The Bertz CT molecular complexity index is 1170. The van der Waals surface area contributed by atoms with Gasteiger partial charge in [0.25, 0.3) is 5.91 Å². The van der Waals surface area contributed by atoms with Gasteiger partial charge in [0.2, 0.25) is 11.8 Å². The van der Waals surface area contributed by atoms with Crippen LogP contribution in [-0.4, -0.2) is 35.3 Å². The molecule has 0 spiro atoms. The summed E-state index contributed by atoms with van der Waals surface area (Å²) in [5.41, 5.74) is 2.29. The lowest BCUT2D eigenvalue weighted by Crippen LogP contribution is -2.57. The predicted molar refractivity (Wildman–Crippen MR) is 141 cm³/mol. The first-order chi connectivity index (χ1) is 17.8. The van der Waals surface area contributed by atoms with Crippen molar-refractivity contribution in [1.82, 2.24) is 4.90 Å². The van der Waals surface area contributed by atoms with Crippen LogP contribution in [0.1, 0.15) is 63.0 Å². The van der Waals surface area contributed by atoms with Crippen molar-refractivity contribution in [3.05, 3.63) is 59.7 Å². The average Bonchev–Trinajstić information content (AvgIpc) is 3.16. The third-order valence-corrected chi connectivity index (χ3v) is 9.13. The quantitative estimate of drug-likeness (QED) is 0.486. The van der Waals surface area contributed by atoms with Gasteiger partial charge in [-0.3, -0.25) is 14.4 Å². The standard InChI is InChI=1S/C31H36N2O4/c1-3-37-26-10-8-25(9-11-26)33-28(34)15-27(29(33)35)32(19-21-6-4-20(2)5-7-21)30(36)31-16-22-12-23(17-31)14-24(13-22)18-31/h4-11,22-24,27H,3,12-19H2,1-2H3. The molecule has 4 bridgehead atoms. The van der Waals surface area contributed by atoms with Gasteiger partial charge in [-0.25, -0.2) is 4.90 Å².